The minimum atomic E-state index is -1.22. The van der Waals surface area contributed by atoms with E-state index in [2.05, 4.69) is 20.6 Å². The molecule has 3 aromatic rings. The van der Waals surface area contributed by atoms with Gasteiger partial charge in [-0.15, -0.1) is 39.4 Å². The molecule has 39 heavy (non-hydrogen) atoms. The largest absolute Gasteiger partial charge is 0.477 e. The first-order valence-corrected chi connectivity index (χ1v) is 14.4. The molecule has 17 heteroatoms. The van der Waals surface area contributed by atoms with Gasteiger partial charge in [0.2, 0.25) is 0 Å². The number of amides is 2. The number of aliphatic hydroxyl groups excluding tert-OH is 1. The van der Waals surface area contributed by atoms with Gasteiger partial charge in [-0.1, -0.05) is 10.3 Å². The van der Waals surface area contributed by atoms with Crippen LogP contribution in [-0.2, 0) is 25.8 Å². The van der Waals surface area contributed by atoms with Gasteiger partial charge >= 0.3 is 11.6 Å². The van der Waals surface area contributed by atoms with Gasteiger partial charge in [0, 0.05) is 28.5 Å². The summed E-state index contributed by atoms with van der Waals surface area (Å²) in [5, 5.41) is 31.9. The Morgan fingerprint density at radius 1 is 1.41 bits per heavy atom. The van der Waals surface area contributed by atoms with Crippen molar-refractivity contribution in [3.05, 3.63) is 46.9 Å². The number of imidazole rings is 1. The molecule has 2 atom stereocenters. The van der Waals surface area contributed by atoms with Crippen LogP contribution in [-0.4, -0.2) is 89.8 Å². The number of carboxylic acid groups (broad SMARTS) is 1. The molecule has 204 valence electrons. The molecule has 0 aliphatic carbocycles. The van der Waals surface area contributed by atoms with E-state index in [1.54, 1.807) is 22.3 Å². The molecule has 0 unspecified atom stereocenters. The molecule has 0 radical (unpaired) electrons. The number of aliphatic hydroxyl groups is 1. The fourth-order valence-electron chi connectivity index (χ4n) is 4.24. The average molecular weight is 592 g/mol. The lowest BCUT2D eigenvalue weighted by atomic mass is 10.0. The number of β-lactam (4-membered cyclic amide) rings is 1. The van der Waals surface area contributed by atoms with Gasteiger partial charge in [0.1, 0.15) is 47.7 Å². The number of thiazole rings is 1. The molecule has 5 N–H and O–H groups in total. The van der Waals surface area contributed by atoms with Crippen molar-refractivity contribution >= 4 is 69.1 Å². The highest BCUT2D eigenvalue weighted by atomic mass is 32.2. The Bertz CT molecular complexity index is 1520. The second kappa shape index (κ2) is 11.2. The van der Waals surface area contributed by atoms with Gasteiger partial charge < -0.3 is 26.1 Å². The number of anilines is 1. The molecule has 2 aliphatic rings. The van der Waals surface area contributed by atoms with Crippen LogP contribution < -0.4 is 15.6 Å². The standard InChI is InChI=1S/C22H22N8O6S3/c1-36-27-15(12-10-39-22(23)24-12)18(32)25-16-19(33)30-17(21(34)35)11(9-38-20(16)30)8-28-4-5-29-14(28)3-2-13(26-29)37-7-6-31/h2-5,10,16,20,31H,6-9H2,1H3,(H3-,23,24,25,32,34,35)/p+1/b27-15-/t16-,20-/m1/s1. The lowest BCUT2D eigenvalue weighted by molar-refractivity contribution is -0.662. The van der Waals surface area contributed by atoms with Crippen LogP contribution in [0.15, 0.2) is 51.4 Å². The van der Waals surface area contributed by atoms with Gasteiger partial charge in [-0.3, -0.25) is 14.5 Å². The zero-order chi connectivity index (χ0) is 27.7. The number of carboxylic acids is 1. The second-order valence-corrected chi connectivity index (χ2v) is 11.4. The Morgan fingerprint density at radius 3 is 2.92 bits per heavy atom. The Hall–Kier alpha value is -3.67. The number of fused-ring (bicyclic) bond motifs is 2. The van der Waals surface area contributed by atoms with Crippen molar-refractivity contribution in [2.24, 2.45) is 5.16 Å². The number of thioether (sulfide) groups is 2. The van der Waals surface area contributed by atoms with E-state index in [0.29, 0.717) is 17.1 Å². The maximum atomic E-state index is 13.1. The number of rotatable bonds is 10. The Labute approximate surface area is 233 Å². The predicted molar refractivity (Wildman–Crippen MR) is 143 cm³/mol. The van der Waals surface area contributed by atoms with E-state index in [9.17, 15) is 19.5 Å². The summed E-state index contributed by atoms with van der Waals surface area (Å²) in [7, 11) is 1.28. The van der Waals surface area contributed by atoms with Crippen molar-refractivity contribution in [1.29, 1.82) is 0 Å². The highest BCUT2D eigenvalue weighted by Crippen LogP contribution is 2.40. The molecule has 3 aromatic heterocycles. The van der Waals surface area contributed by atoms with E-state index in [-0.39, 0.29) is 35.4 Å². The van der Waals surface area contributed by atoms with Crippen LogP contribution >= 0.6 is 34.9 Å². The number of hydrogen-bond donors (Lipinski definition) is 4. The molecule has 0 saturated carbocycles. The van der Waals surface area contributed by atoms with Crippen molar-refractivity contribution in [2.45, 2.75) is 23.0 Å². The summed E-state index contributed by atoms with van der Waals surface area (Å²) in [5.74, 6) is -1.58. The van der Waals surface area contributed by atoms with Crippen LogP contribution in [0, 0.1) is 0 Å². The highest BCUT2D eigenvalue weighted by Gasteiger charge is 2.54. The molecule has 2 aliphatic heterocycles. The van der Waals surface area contributed by atoms with Crippen molar-refractivity contribution in [2.75, 3.05) is 31.0 Å². The number of nitrogens with two attached hydrogens (primary N) is 1. The monoisotopic (exact) mass is 591 g/mol. The Balaban J connectivity index is 1.34. The molecule has 5 heterocycles. The van der Waals surface area contributed by atoms with E-state index in [0.717, 1.165) is 22.0 Å². The zero-order valence-electron chi connectivity index (χ0n) is 20.4. The van der Waals surface area contributed by atoms with Crippen LogP contribution in [0.5, 0.6) is 0 Å². The summed E-state index contributed by atoms with van der Waals surface area (Å²) < 4.78 is 3.53. The number of carbonyl (C=O) groups is 3. The molecule has 0 bridgehead atoms. The summed E-state index contributed by atoms with van der Waals surface area (Å²) in [6.07, 6.45) is 3.54. The topological polar surface area (TPSA) is 189 Å². The minimum Gasteiger partial charge on any atom is -0.477 e. The van der Waals surface area contributed by atoms with Crippen LogP contribution in [0.4, 0.5) is 5.13 Å². The lowest BCUT2D eigenvalue weighted by Gasteiger charge is -2.49. The number of hydrogen-bond acceptors (Lipinski definition) is 12. The van der Waals surface area contributed by atoms with Gasteiger partial charge in [0.25, 0.3) is 11.8 Å². The van der Waals surface area contributed by atoms with E-state index in [4.69, 9.17) is 15.7 Å². The first kappa shape index (κ1) is 26.9. The van der Waals surface area contributed by atoms with Gasteiger partial charge in [0.15, 0.2) is 17.0 Å². The fourth-order valence-corrected chi connectivity index (χ4v) is 6.74. The fraction of sp³-hybridized carbons (Fsp3) is 0.318. The third-order valence-corrected chi connectivity index (χ3v) is 8.81. The molecule has 1 saturated heterocycles. The maximum absolute atomic E-state index is 13.1. The summed E-state index contributed by atoms with van der Waals surface area (Å²) in [4.78, 5) is 48.4. The second-order valence-electron chi connectivity index (χ2n) is 8.28. The third kappa shape index (κ3) is 5.17. The molecule has 0 spiro atoms. The van der Waals surface area contributed by atoms with E-state index >= 15 is 0 Å². The van der Waals surface area contributed by atoms with Crippen LogP contribution in [0.3, 0.4) is 0 Å². The normalized spacial score (nSPS) is 19.2. The van der Waals surface area contributed by atoms with Crippen molar-refractivity contribution in [3.63, 3.8) is 0 Å². The third-order valence-electron chi connectivity index (χ3n) is 5.90. The maximum Gasteiger partial charge on any atom is 0.352 e. The first-order chi connectivity index (χ1) is 18.8. The number of carbonyl (C=O) groups excluding carboxylic acids is 2. The number of nitrogen functional groups attached to an aromatic ring is 1. The van der Waals surface area contributed by atoms with E-state index < -0.39 is 29.2 Å². The van der Waals surface area contributed by atoms with Crippen LogP contribution in [0.1, 0.15) is 5.69 Å². The number of oxime groups is 1. The average Bonchev–Trinajstić information content (AvgIpc) is 3.54. The number of nitrogens with zero attached hydrogens (tertiary/aromatic N) is 6. The number of nitrogens with one attached hydrogen (secondary N) is 1. The lowest BCUT2D eigenvalue weighted by Crippen LogP contribution is -2.71. The van der Waals surface area contributed by atoms with Crippen molar-refractivity contribution in [3.8, 4) is 0 Å². The number of aromatic nitrogens is 4. The predicted octanol–water partition coefficient (Wildman–Crippen LogP) is -0.466. The molecule has 2 amide bonds. The molecule has 5 rings (SSSR count). The van der Waals surface area contributed by atoms with E-state index in [1.807, 2.05) is 16.7 Å². The number of aliphatic carboxylic acids is 1. The molecule has 0 aromatic carbocycles. The van der Waals surface area contributed by atoms with Gasteiger partial charge in [-0.2, -0.15) is 0 Å². The molecular weight excluding hydrogens is 568 g/mol. The van der Waals surface area contributed by atoms with Crippen LogP contribution in [0.25, 0.3) is 5.65 Å². The Morgan fingerprint density at radius 2 is 2.23 bits per heavy atom. The summed E-state index contributed by atoms with van der Waals surface area (Å²) >= 11 is 3.91. The van der Waals surface area contributed by atoms with Crippen molar-refractivity contribution in [1.82, 2.24) is 24.8 Å². The van der Waals surface area contributed by atoms with Crippen LogP contribution in [0.2, 0.25) is 0 Å². The van der Waals surface area contributed by atoms with Gasteiger partial charge in [-0.05, 0) is 6.07 Å². The summed E-state index contributed by atoms with van der Waals surface area (Å²) in [6, 6.07) is 2.75. The highest BCUT2D eigenvalue weighted by molar-refractivity contribution is 8.00. The van der Waals surface area contributed by atoms with Gasteiger partial charge in [0.05, 0.1) is 6.61 Å². The summed E-state index contributed by atoms with van der Waals surface area (Å²) in [5.41, 5.74) is 6.92. The Kier molecular flexibility index (Phi) is 7.74. The SMILES string of the molecule is CO/N=C(\C(=O)N[C@@H]1C(=O)N2C(C(=O)O)=C(C[n+]3ccn4nc(SCCO)ccc43)CS[C@H]12)c1csc(N)n1. The van der Waals surface area contributed by atoms with Gasteiger partial charge in [-0.25, -0.2) is 14.3 Å². The quantitative estimate of drug-likeness (QED) is 0.0785. The molecular formula is C22H23N8O6S3+. The molecule has 1 fully saturated rings. The van der Waals surface area contributed by atoms with Crippen molar-refractivity contribution < 1.29 is 34.0 Å². The van der Waals surface area contributed by atoms with E-state index in [1.165, 1.54) is 35.5 Å². The first-order valence-electron chi connectivity index (χ1n) is 11.5. The zero-order valence-corrected chi connectivity index (χ0v) is 22.8. The molecule has 14 nitrogen and oxygen atoms in total. The summed E-state index contributed by atoms with van der Waals surface area (Å²) in [6.45, 7) is 0.281. The minimum absolute atomic E-state index is 0.0451. The smallest absolute Gasteiger partial charge is 0.352 e.